The van der Waals surface area contributed by atoms with Crippen LogP contribution in [0.2, 0.25) is 0 Å². The first-order valence-corrected chi connectivity index (χ1v) is 8.34. The molecule has 1 aromatic carbocycles. The lowest BCUT2D eigenvalue weighted by atomic mass is 10.2. The minimum absolute atomic E-state index is 0.153. The average molecular weight is 292 g/mol. The summed E-state index contributed by atoms with van der Waals surface area (Å²) in [5, 5.41) is 6.43. The summed E-state index contributed by atoms with van der Waals surface area (Å²) in [6, 6.07) is 8.92. The fourth-order valence-electron chi connectivity index (χ4n) is 1.85. The van der Waals surface area contributed by atoms with Crippen molar-refractivity contribution in [2.45, 2.75) is 44.2 Å². The maximum Gasteiger partial charge on any atom is 0.230 e. The average Bonchev–Trinajstić information content (AvgIpc) is 3.21. The summed E-state index contributed by atoms with van der Waals surface area (Å²) in [6.45, 7) is 6.36. The highest BCUT2D eigenvalue weighted by Gasteiger charge is 2.22. The van der Waals surface area contributed by atoms with Gasteiger partial charge in [-0.05, 0) is 43.0 Å². The molecule has 1 aromatic rings. The monoisotopic (exact) mass is 292 g/mol. The molecule has 1 fully saturated rings. The van der Waals surface area contributed by atoms with Gasteiger partial charge in [-0.1, -0.05) is 26.0 Å². The molecule has 0 heterocycles. The van der Waals surface area contributed by atoms with Crippen LogP contribution in [0.1, 0.15) is 32.3 Å². The van der Waals surface area contributed by atoms with Gasteiger partial charge in [-0.2, -0.15) is 0 Å². The molecule has 0 bridgehead atoms. The molecule has 0 spiro atoms. The van der Waals surface area contributed by atoms with Gasteiger partial charge in [-0.15, -0.1) is 11.8 Å². The van der Waals surface area contributed by atoms with E-state index in [0.717, 1.165) is 30.8 Å². The number of carbonyl (C=O) groups is 1. The van der Waals surface area contributed by atoms with Crippen LogP contribution in [-0.4, -0.2) is 24.2 Å². The first kappa shape index (κ1) is 15.4. The van der Waals surface area contributed by atoms with Crippen molar-refractivity contribution in [3.05, 3.63) is 29.8 Å². The van der Waals surface area contributed by atoms with Crippen molar-refractivity contribution in [1.29, 1.82) is 0 Å². The molecule has 0 radical (unpaired) electrons. The SMILES string of the molecule is CC(C)CNCc1ccc(SCC(=O)NC2CC2)cc1. The topological polar surface area (TPSA) is 41.1 Å². The number of amides is 1. The second kappa shape index (κ2) is 7.70. The molecule has 1 saturated carbocycles. The van der Waals surface area contributed by atoms with Gasteiger partial charge in [-0.25, -0.2) is 0 Å². The van der Waals surface area contributed by atoms with Gasteiger partial charge in [-0.3, -0.25) is 4.79 Å². The number of carbonyl (C=O) groups excluding carboxylic acids is 1. The van der Waals surface area contributed by atoms with Crippen LogP contribution in [0, 0.1) is 5.92 Å². The molecule has 0 aliphatic heterocycles. The maximum absolute atomic E-state index is 11.6. The minimum atomic E-state index is 0.153. The van der Waals surface area contributed by atoms with Crippen LogP contribution in [0.3, 0.4) is 0 Å². The first-order valence-electron chi connectivity index (χ1n) is 7.35. The molecule has 0 atom stereocenters. The van der Waals surface area contributed by atoms with E-state index in [9.17, 15) is 4.79 Å². The van der Waals surface area contributed by atoms with Crippen molar-refractivity contribution in [1.82, 2.24) is 10.6 Å². The Labute approximate surface area is 125 Å². The maximum atomic E-state index is 11.6. The summed E-state index contributed by atoms with van der Waals surface area (Å²) in [6.07, 6.45) is 2.29. The summed E-state index contributed by atoms with van der Waals surface area (Å²) >= 11 is 1.60. The second-order valence-corrected chi connectivity index (χ2v) is 6.85. The molecular weight excluding hydrogens is 268 g/mol. The zero-order chi connectivity index (χ0) is 14.4. The standard InChI is InChI=1S/C16H24N2OS/c1-12(2)9-17-10-13-3-7-15(8-4-13)20-11-16(19)18-14-5-6-14/h3-4,7-8,12,14,17H,5-6,9-11H2,1-2H3,(H,18,19). The zero-order valence-electron chi connectivity index (χ0n) is 12.3. The number of benzene rings is 1. The van der Waals surface area contributed by atoms with Crippen LogP contribution in [-0.2, 0) is 11.3 Å². The van der Waals surface area contributed by atoms with Gasteiger partial charge in [0.05, 0.1) is 5.75 Å². The van der Waals surface area contributed by atoms with Gasteiger partial charge in [0.15, 0.2) is 0 Å². The van der Waals surface area contributed by atoms with E-state index in [1.807, 2.05) is 0 Å². The Morgan fingerprint density at radius 2 is 2.00 bits per heavy atom. The van der Waals surface area contributed by atoms with E-state index in [1.54, 1.807) is 11.8 Å². The Hall–Kier alpha value is -1.00. The van der Waals surface area contributed by atoms with E-state index in [0.29, 0.717) is 17.7 Å². The Kier molecular flexibility index (Phi) is 5.92. The van der Waals surface area contributed by atoms with Gasteiger partial charge in [0, 0.05) is 17.5 Å². The second-order valence-electron chi connectivity index (χ2n) is 5.80. The van der Waals surface area contributed by atoms with E-state index in [2.05, 4.69) is 48.7 Å². The number of rotatable bonds is 8. The first-order chi connectivity index (χ1) is 9.63. The predicted octanol–water partition coefficient (Wildman–Crippen LogP) is 2.80. The number of thioether (sulfide) groups is 1. The minimum Gasteiger partial charge on any atom is -0.353 e. The van der Waals surface area contributed by atoms with Crippen LogP contribution >= 0.6 is 11.8 Å². The van der Waals surface area contributed by atoms with Gasteiger partial charge in [0.1, 0.15) is 0 Å². The molecule has 3 nitrogen and oxygen atoms in total. The van der Waals surface area contributed by atoms with E-state index in [-0.39, 0.29) is 5.91 Å². The van der Waals surface area contributed by atoms with E-state index >= 15 is 0 Å². The molecule has 0 saturated heterocycles. The van der Waals surface area contributed by atoms with Crippen molar-refractivity contribution in [2.24, 2.45) is 5.92 Å². The summed E-state index contributed by atoms with van der Waals surface area (Å²) in [4.78, 5) is 12.8. The lowest BCUT2D eigenvalue weighted by molar-refractivity contribution is -0.118. The lowest BCUT2D eigenvalue weighted by Gasteiger charge is -2.08. The highest BCUT2D eigenvalue weighted by Crippen LogP contribution is 2.21. The van der Waals surface area contributed by atoms with Crippen molar-refractivity contribution < 1.29 is 4.79 Å². The lowest BCUT2D eigenvalue weighted by Crippen LogP contribution is -2.26. The third-order valence-electron chi connectivity index (χ3n) is 3.12. The molecule has 1 amide bonds. The molecule has 0 unspecified atom stereocenters. The van der Waals surface area contributed by atoms with Crippen LogP contribution in [0.4, 0.5) is 0 Å². The Morgan fingerprint density at radius 3 is 2.60 bits per heavy atom. The van der Waals surface area contributed by atoms with Gasteiger partial charge in [0.25, 0.3) is 0 Å². The van der Waals surface area contributed by atoms with Crippen molar-refractivity contribution in [3.63, 3.8) is 0 Å². The molecule has 1 aliphatic rings. The molecule has 110 valence electrons. The molecule has 0 aromatic heterocycles. The summed E-state index contributed by atoms with van der Waals surface area (Å²) in [5.74, 6) is 1.34. The normalized spacial score (nSPS) is 14.6. The largest absolute Gasteiger partial charge is 0.353 e. The predicted molar refractivity (Wildman–Crippen MR) is 84.9 cm³/mol. The summed E-state index contributed by atoms with van der Waals surface area (Å²) < 4.78 is 0. The van der Waals surface area contributed by atoms with Crippen LogP contribution in [0.15, 0.2) is 29.2 Å². The van der Waals surface area contributed by atoms with E-state index < -0.39 is 0 Å². The molecule has 2 rings (SSSR count). The van der Waals surface area contributed by atoms with Gasteiger partial charge >= 0.3 is 0 Å². The van der Waals surface area contributed by atoms with Crippen molar-refractivity contribution in [2.75, 3.05) is 12.3 Å². The molecule has 20 heavy (non-hydrogen) atoms. The number of hydrogen-bond donors (Lipinski definition) is 2. The van der Waals surface area contributed by atoms with Gasteiger partial charge < -0.3 is 10.6 Å². The Morgan fingerprint density at radius 1 is 1.30 bits per heavy atom. The zero-order valence-corrected chi connectivity index (χ0v) is 13.1. The molecule has 1 aliphatic carbocycles. The van der Waals surface area contributed by atoms with E-state index in [4.69, 9.17) is 0 Å². The Bertz CT molecular complexity index is 427. The molecule has 4 heteroatoms. The third kappa shape index (κ3) is 5.97. The fourth-order valence-corrected chi connectivity index (χ4v) is 2.56. The van der Waals surface area contributed by atoms with Crippen LogP contribution in [0.25, 0.3) is 0 Å². The highest BCUT2D eigenvalue weighted by atomic mass is 32.2. The molecule has 2 N–H and O–H groups in total. The van der Waals surface area contributed by atoms with Crippen molar-refractivity contribution >= 4 is 17.7 Å². The molecular formula is C16H24N2OS. The number of nitrogens with one attached hydrogen (secondary N) is 2. The van der Waals surface area contributed by atoms with Gasteiger partial charge in [0.2, 0.25) is 5.91 Å². The van der Waals surface area contributed by atoms with Crippen molar-refractivity contribution in [3.8, 4) is 0 Å². The third-order valence-corrected chi connectivity index (χ3v) is 4.13. The van der Waals surface area contributed by atoms with E-state index in [1.165, 1.54) is 5.56 Å². The highest BCUT2D eigenvalue weighted by molar-refractivity contribution is 8.00. The number of hydrogen-bond acceptors (Lipinski definition) is 3. The summed E-state index contributed by atoms with van der Waals surface area (Å²) in [5.41, 5.74) is 1.29. The quantitative estimate of drug-likeness (QED) is 0.724. The Balaban J connectivity index is 1.68. The fraction of sp³-hybridized carbons (Fsp3) is 0.562. The van der Waals surface area contributed by atoms with Crippen LogP contribution < -0.4 is 10.6 Å². The smallest absolute Gasteiger partial charge is 0.230 e. The van der Waals surface area contributed by atoms with Crippen LogP contribution in [0.5, 0.6) is 0 Å². The summed E-state index contributed by atoms with van der Waals surface area (Å²) in [7, 11) is 0.